The summed E-state index contributed by atoms with van der Waals surface area (Å²) in [6.45, 7) is 4.89. The molecule has 2 aliphatic heterocycles. The Kier molecular flexibility index (Phi) is 5.10. The van der Waals surface area contributed by atoms with Crippen molar-refractivity contribution in [2.45, 2.75) is 25.8 Å². The minimum absolute atomic E-state index is 0. The second-order valence-corrected chi connectivity index (χ2v) is 6.52. The summed E-state index contributed by atoms with van der Waals surface area (Å²) < 4.78 is 1.03. The van der Waals surface area contributed by atoms with Crippen molar-refractivity contribution in [1.82, 2.24) is 10.2 Å². The van der Waals surface area contributed by atoms with Crippen molar-refractivity contribution >= 4 is 34.2 Å². The van der Waals surface area contributed by atoms with Crippen LogP contribution in [0.5, 0.6) is 0 Å². The number of nitrogens with zero attached hydrogens (tertiary/aromatic N) is 1. The van der Waals surface area contributed by atoms with Gasteiger partial charge < -0.3 is 10.2 Å². The van der Waals surface area contributed by atoms with Gasteiger partial charge in [0.15, 0.2) is 0 Å². The van der Waals surface area contributed by atoms with Gasteiger partial charge in [-0.2, -0.15) is 0 Å². The zero-order chi connectivity index (χ0) is 13.4. The highest BCUT2D eigenvalue weighted by atomic mass is 79.9. The van der Waals surface area contributed by atoms with Crippen molar-refractivity contribution < 1.29 is 4.79 Å². The summed E-state index contributed by atoms with van der Waals surface area (Å²) >= 11 is 3.45. The van der Waals surface area contributed by atoms with E-state index in [2.05, 4.69) is 21.2 Å². The van der Waals surface area contributed by atoms with E-state index in [1.807, 2.05) is 30.0 Å². The van der Waals surface area contributed by atoms with E-state index in [0.717, 1.165) is 41.7 Å². The lowest BCUT2D eigenvalue weighted by atomic mass is 9.92. The third-order valence-corrected chi connectivity index (χ3v) is 4.85. The molecule has 2 saturated heterocycles. The summed E-state index contributed by atoms with van der Waals surface area (Å²) in [5.41, 5.74) is 1.89. The summed E-state index contributed by atoms with van der Waals surface area (Å²) in [6.07, 6.45) is 2.29. The van der Waals surface area contributed by atoms with Crippen molar-refractivity contribution in [3.8, 4) is 0 Å². The number of hydrogen-bond acceptors (Lipinski definition) is 2. The Bertz CT molecular complexity index is 509. The van der Waals surface area contributed by atoms with Gasteiger partial charge in [0.25, 0.3) is 5.91 Å². The van der Waals surface area contributed by atoms with Crippen LogP contribution in [0.2, 0.25) is 0 Å². The first-order valence-corrected chi connectivity index (χ1v) is 7.73. The van der Waals surface area contributed by atoms with Gasteiger partial charge in [-0.05, 0) is 56.0 Å². The van der Waals surface area contributed by atoms with E-state index >= 15 is 0 Å². The Morgan fingerprint density at radius 3 is 2.95 bits per heavy atom. The lowest BCUT2D eigenvalue weighted by molar-refractivity contribution is 0.0661. The molecule has 2 fully saturated rings. The molecule has 0 saturated carbocycles. The Morgan fingerprint density at radius 1 is 1.40 bits per heavy atom. The number of piperidine rings is 1. The second-order valence-electron chi connectivity index (χ2n) is 5.61. The largest absolute Gasteiger partial charge is 0.338 e. The molecular formula is C15H20BrClN2O. The second kappa shape index (κ2) is 6.46. The normalized spacial score (nSPS) is 25.0. The summed E-state index contributed by atoms with van der Waals surface area (Å²) in [4.78, 5) is 14.6. The van der Waals surface area contributed by atoms with Crippen LogP contribution >= 0.6 is 28.3 Å². The molecule has 0 spiro atoms. The molecule has 110 valence electrons. The lowest BCUT2D eigenvalue weighted by Gasteiger charge is -2.35. The molecule has 2 aliphatic rings. The number of rotatable bonds is 1. The van der Waals surface area contributed by atoms with Crippen LogP contribution < -0.4 is 5.32 Å². The highest BCUT2D eigenvalue weighted by molar-refractivity contribution is 9.10. The van der Waals surface area contributed by atoms with Crippen molar-refractivity contribution in [3.63, 3.8) is 0 Å². The van der Waals surface area contributed by atoms with Gasteiger partial charge >= 0.3 is 0 Å². The maximum Gasteiger partial charge on any atom is 0.254 e. The van der Waals surface area contributed by atoms with Crippen molar-refractivity contribution in [2.75, 3.05) is 19.6 Å². The number of likely N-dealkylation sites (tertiary alicyclic amines) is 1. The van der Waals surface area contributed by atoms with Crippen molar-refractivity contribution in [1.29, 1.82) is 0 Å². The third-order valence-electron chi connectivity index (χ3n) is 4.36. The van der Waals surface area contributed by atoms with E-state index in [1.54, 1.807) is 0 Å². The van der Waals surface area contributed by atoms with Crippen LogP contribution in [0, 0.1) is 12.8 Å². The first-order valence-electron chi connectivity index (χ1n) is 6.94. The molecule has 3 nitrogen and oxygen atoms in total. The molecule has 1 N–H and O–H groups in total. The van der Waals surface area contributed by atoms with E-state index in [-0.39, 0.29) is 18.3 Å². The van der Waals surface area contributed by atoms with E-state index < -0.39 is 0 Å². The van der Waals surface area contributed by atoms with Gasteiger partial charge in [0, 0.05) is 29.2 Å². The summed E-state index contributed by atoms with van der Waals surface area (Å²) in [6, 6.07) is 6.53. The molecule has 0 aromatic heterocycles. The van der Waals surface area contributed by atoms with E-state index in [1.165, 1.54) is 6.42 Å². The molecule has 2 unspecified atom stereocenters. The van der Waals surface area contributed by atoms with Gasteiger partial charge in [-0.15, -0.1) is 12.4 Å². The Hall–Kier alpha value is -0.580. The van der Waals surface area contributed by atoms with Gasteiger partial charge in [0.05, 0.1) is 0 Å². The zero-order valence-electron chi connectivity index (χ0n) is 11.6. The number of fused-ring (bicyclic) bond motifs is 1. The highest BCUT2D eigenvalue weighted by Crippen LogP contribution is 2.26. The molecule has 3 rings (SSSR count). The van der Waals surface area contributed by atoms with Crippen LogP contribution in [0.15, 0.2) is 22.7 Å². The number of nitrogens with one attached hydrogen (secondary N) is 1. The number of hydrogen-bond donors (Lipinski definition) is 1. The quantitative estimate of drug-likeness (QED) is 0.836. The number of benzene rings is 1. The SMILES string of the molecule is Cc1cc(Br)ccc1C(=O)N1CCC2NCCC2C1.Cl. The minimum Gasteiger partial charge on any atom is -0.338 e. The molecule has 1 amide bonds. The molecule has 1 aromatic rings. The number of carbonyl (C=O) groups excluding carboxylic acids is 1. The minimum atomic E-state index is 0. The van der Waals surface area contributed by atoms with E-state index in [4.69, 9.17) is 0 Å². The van der Waals surface area contributed by atoms with Gasteiger partial charge in [0.1, 0.15) is 0 Å². The Labute approximate surface area is 134 Å². The fraction of sp³-hybridized carbons (Fsp3) is 0.533. The lowest BCUT2D eigenvalue weighted by Crippen LogP contribution is -2.47. The predicted octanol–water partition coefficient (Wildman–Crippen LogP) is 3.00. The number of carbonyl (C=O) groups is 1. The number of halogens is 2. The molecule has 20 heavy (non-hydrogen) atoms. The molecule has 0 radical (unpaired) electrons. The zero-order valence-corrected chi connectivity index (χ0v) is 14.0. The summed E-state index contributed by atoms with van der Waals surface area (Å²) in [7, 11) is 0. The Morgan fingerprint density at radius 2 is 2.20 bits per heavy atom. The molecular weight excluding hydrogens is 340 g/mol. The van der Waals surface area contributed by atoms with Gasteiger partial charge in [0.2, 0.25) is 0 Å². The van der Waals surface area contributed by atoms with Crippen LogP contribution in [0.3, 0.4) is 0 Å². The van der Waals surface area contributed by atoms with E-state index in [9.17, 15) is 4.79 Å². The van der Waals surface area contributed by atoms with Crippen molar-refractivity contribution in [2.24, 2.45) is 5.92 Å². The Balaban J connectivity index is 0.00000147. The first kappa shape index (κ1) is 15.8. The molecule has 2 atom stereocenters. The number of aryl methyl sites for hydroxylation is 1. The summed E-state index contributed by atoms with van der Waals surface area (Å²) in [5, 5.41) is 3.53. The van der Waals surface area contributed by atoms with Gasteiger partial charge in [-0.25, -0.2) is 0 Å². The monoisotopic (exact) mass is 358 g/mol. The fourth-order valence-corrected chi connectivity index (χ4v) is 3.74. The molecule has 5 heteroatoms. The number of amides is 1. The highest BCUT2D eigenvalue weighted by Gasteiger charge is 2.34. The van der Waals surface area contributed by atoms with Crippen molar-refractivity contribution in [3.05, 3.63) is 33.8 Å². The average Bonchev–Trinajstić information content (AvgIpc) is 2.85. The van der Waals surface area contributed by atoms with Crippen LogP contribution in [0.4, 0.5) is 0 Å². The third kappa shape index (κ3) is 3.02. The standard InChI is InChI=1S/C15H19BrN2O.ClH/c1-10-8-12(16)2-3-13(10)15(19)18-7-5-14-11(9-18)4-6-17-14;/h2-3,8,11,14,17H,4-7,9H2,1H3;1H. The van der Waals surface area contributed by atoms with Gasteiger partial charge in [-0.3, -0.25) is 4.79 Å². The molecule has 0 aliphatic carbocycles. The molecule has 0 bridgehead atoms. The maximum atomic E-state index is 12.6. The summed E-state index contributed by atoms with van der Waals surface area (Å²) in [5.74, 6) is 0.837. The predicted molar refractivity (Wildman–Crippen MR) is 86.5 cm³/mol. The maximum absolute atomic E-state index is 12.6. The smallest absolute Gasteiger partial charge is 0.254 e. The van der Waals surface area contributed by atoms with Crippen LogP contribution in [-0.4, -0.2) is 36.5 Å². The molecule has 2 heterocycles. The average molecular weight is 360 g/mol. The van der Waals surface area contributed by atoms with Gasteiger partial charge in [-0.1, -0.05) is 15.9 Å². The topological polar surface area (TPSA) is 32.3 Å². The fourth-order valence-electron chi connectivity index (χ4n) is 3.27. The van der Waals surface area contributed by atoms with Crippen LogP contribution in [0.25, 0.3) is 0 Å². The van der Waals surface area contributed by atoms with E-state index in [0.29, 0.717) is 12.0 Å². The van der Waals surface area contributed by atoms with Crippen LogP contribution in [-0.2, 0) is 0 Å². The molecule has 1 aromatic carbocycles. The first-order chi connectivity index (χ1) is 9.15. The van der Waals surface area contributed by atoms with Crippen LogP contribution in [0.1, 0.15) is 28.8 Å².